The van der Waals surface area contributed by atoms with Crippen LogP contribution in [0.3, 0.4) is 0 Å². The molecule has 1 aliphatic carbocycles. The summed E-state index contributed by atoms with van der Waals surface area (Å²) < 4.78 is 11.0. The van der Waals surface area contributed by atoms with Crippen LogP contribution in [0.1, 0.15) is 42.7 Å². The van der Waals surface area contributed by atoms with Crippen LogP contribution >= 0.6 is 0 Å². The number of hydrogen-bond acceptors (Lipinski definition) is 6. The zero-order chi connectivity index (χ0) is 23.8. The van der Waals surface area contributed by atoms with E-state index in [0.29, 0.717) is 28.7 Å². The summed E-state index contributed by atoms with van der Waals surface area (Å²) >= 11 is 0. The summed E-state index contributed by atoms with van der Waals surface area (Å²) in [5.41, 5.74) is 3.24. The summed E-state index contributed by atoms with van der Waals surface area (Å²) in [7, 11) is 1.59. The number of rotatable bonds is 5. The number of ether oxygens (including phenoxy) is 1. The number of amides is 3. The van der Waals surface area contributed by atoms with Gasteiger partial charge in [-0.1, -0.05) is 42.3 Å². The first kappa shape index (κ1) is 22.1. The van der Waals surface area contributed by atoms with Gasteiger partial charge in [-0.15, -0.1) is 0 Å². The number of carbonyl (C=O) groups excluding carboxylic acids is 2. The van der Waals surface area contributed by atoms with E-state index in [1.54, 1.807) is 12.0 Å². The highest BCUT2D eigenvalue weighted by molar-refractivity contribution is 6.17. The van der Waals surface area contributed by atoms with E-state index in [2.05, 4.69) is 10.1 Å². The first-order valence-electron chi connectivity index (χ1n) is 11.7. The van der Waals surface area contributed by atoms with Crippen LogP contribution in [0.2, 0.25) is 0 Å². The van der Waals surface area contributed by atoms with Crippen molar-refractivity contribution in [3.63, 3.8) is 0 Å². The minimum atomic E-state index is -0.334. The van der Waals surface area contributed by atoms with Gasteiger partial charge in [-0.25, -0.2) is 9.69 Å². The smallest absolute Gasteiger partial charge is 0.332 e. The average molecular weight is 461 g/mol. The van der Waals surface area contributed by atoms with Crippen molar-refractivity contribution in [1.29, 1.82) is 0 Å². The number of nitrogens with zero attached hydrogens (tertiary/aromatic N) is 4. The normalized spacial score (nSPS) is 20.4. The van der Waals surface area contributed by atoms with Gasteiger partial charge in [-0.3, -0.25) is 4.79 Å². The molecule has 0 N–H and O–H groups in total. The molecule has 1 saturated carbocycles. The van der Waals surface area contributed by atoms with Crippen molar-refractivity contribution < 1.29 is 18.8 Å². The van der Waals surface area contributed by atoms with E-state index in [-0.39, 0.29) is 30.4 Å². The maximum absolute atomic E-state index is 13.8. The fourth-order valence-corrected chi connectivity index (χ4v) is 5.07. The van der Waals surface area contributed by atoms with Gasteiger partial charge in [0.2, 0.25) is 17.6 Å². The van der Waals surface area contributed by atoms with Gasteiger partial charge < -0.3 is 14.2 Å². The van der Waals surface area contributed by atoms with Crippen molar-refractivity contribution in [3.05, 3.63) is 59.5 Å². The molecule has 34 heavy (non-hydrogen) atoms. The molecular weight excluding hydrogens is 432 g/mol. The first-order valence-corrected chi connectivity index (χ1v) is 11.7. The molecule has 2 heterocycles. The number of aromatic nitrogens is 2. The van der Waals surface area contributed by atoms with E-state index in [1.165, 1.54) is 4.90 Å². The molecule has 5 rings (SSSR count). The van der Waals surface area contributed by atoms with Gasteiger partial charge in [0.05, 0.1) is 24.3 Å². The number of para-hydroxylation sites is 1. The Morgan fingerprint density at radius 3 is 2.71 bits per heavy atom. The highest BCUT2D eigenvalue weighted by atomic mass is 16.5. The van der Waals surface area contributed by atoms with Crippen LogP contribution in [-0.4, -0.2) is 40.1 Å². The van der Waals surface area contributed by atoms with Crippen LogP contribution in [0.25, 0.3) is 11.4 Å². The Morgan fingerprint density at radius 1 is 1.09 bits per heavy atom. The highest BCUT2D eigenvalue weighted by Gasteiger charge is 2.48. The van der Waals surface area contributed by atoms with E-state index in [4.69, 9.17) is 9.26 Å². The van der Waals surface area contributed by atoms with Gasteiger partial charge >= 0.3 is 6.03 Å². The van der Waals surface area contributed by atoms with Crippen LogP contribution in [0, 0.1) is 19.8 Å². The van der Waals surface area contributed by atoms with Gasteiger partial charge in [-0.05, 0) is 56.0 Å². The molecular formula is C26H28N4O4. The summed E-state index contributed by atoms with van der Waals surface area (Å²) in [5.74, 6) is 1.03. The largest absolute Gasteiger partial charge is 0.496 e. The minimum Gasteiger partial charge on any atom is -0.496 e. The van der Waals surface area contributed by atoms with Gasteiger partial charge in [-0.2, -0.15) is 4.98 Å². The zero-order valence-electron chi connectivity index (χ0n) is 19.7. The van der Waals surface area contributed by atoms with Crippen molar-refractivity contribution in [2.24, 2.45) is 5.92 Å². The van der Waals surface area contributed by atoms with Crippen molar-refractivity contribution >= 4 is 17.6 Å². The maximum Gasteiger partial charge on any atom is 0.332 e. The van der Waals surface area contributed by atoms with Crippen molar-refractivity contribution in [2.75, 3.05) is 12.0 Å². The molecule has 176 valence electrons. The van der Waals surface area contributed by atoms with Crippen molar-refractivity contribution in [1.82, 2.24) is 15.0 Å². The third kappa shape index (κ3) is 3.83. The Balaban J connectivity index is 1.49. The number of benzene rings is 2. The fraction of sp³-hybridized carbons (Fsp3) is 0.385. The number of urea groups is 1. The number of hydrogen-bond donors (Lipinski definition) is 0. The first-order chi connectivity index (χ1) is 16.5. The molecule has 0 radical (unpaired) electrons. The van der Waals surface area contributed by atoms with Gasteiger partial charge in [0, 0.05) is 6.04 Å². The lowest BCUT2D eigenvalue weighted by atomic mass is 9.81. The van der Waals surface area contributed by atoms with E-state index in [9.17, 15) is 9.59 Å². The predicted molar refractivity (Wildman–Crippen MR) is 126 cm³/mol. The lowest BCUT2D eigenvalue weighted by Crippen LogP contribution is -2.62. The SMILES string of the molecule is COc1ccccc1-c1noc(CN2C(=O)N(c3cc(C)ccc3C)C(=O)C3CCCCC32)n1. The molecule has 2 aromatic carbocycles. The summed E-state index contributed by atoms with van der Waals surface area (Å²) in [6.07, 6.45) is 3.52. The number of fused-ring (bicyclic) bond motifs is 1. The molecule has 2 atom stereocenters. The zero-order valence-corrected chi connectivity index (χ0v) is 19.7. The maximum atomic E-state index is 13.8. The summed E-state index contributed by atoms with van der Waals surface area (Å²) in [4.78, 5) is 34.9. The number of anilines is 1. The molecule has 3 aromatic rings. The third-order valence-corrected chi connectivity index (χ3v) is 6.83. The van der Waals surface area contributed by atoms with E-state index in [1.807, 2.05) is 56.3 Å². The van der Waals surface area contributed by atoms with E-state index >= 15 is 0 Å². The number of aryl methyl sites for hydroxylation is 2. The Labute approximate surface area is 198 Å². The monoisotopic (exact) mass is 460 g/mol. The molecule has 1 saturated heterocycles. The Hall–Kier alpha value is -3.68. The summed E-state index contributed by atoms with van der Waals surface area (Å²) in [6.45, 7) is 4.03. The lowest BCUT2D eigenvalue weighted by Gasteiger charge is -2.46. The number of imide groups is 1. The molecule has 1 aromatic heterocycles. The molecule has 1 aliphatic heterocycles. The average Bonchev–Trinajstić information content (AvgIpc) is 3.32. The second kappa shape index (κ2) is 8.93. The van der Waals surface area contributed by atoms with Crippen LogP contribution in [0.5, 0.6) is 5.75 Å². The number of carbonyl (C=O) groups is 2. The molecule has 8 nitrogen and oxygen atoms in total. The van der Waals surface area contributed by atoms with Crippen LogP contribution < -0.4 is 9.64 Å². The van der Waals surface area contributed by atoms with E-state index in [0.717, 1.165) is 36.8 Å². The highest BCUT2D eigenvalue weighted by Crippen LogP contribution is 2.38. The quantitative estimate of drug-likeness (QED) is 0.539. The van der Waals surface area contributed by atoms with Crippen LogP contribution in [-0.2, 0) is 11.3 Å². The van der Waals surface area contributed by atoms with Crippen molar-refractivity contribution in [3.8, 4) is 17.1 Å². The Morgan fingerprint density at radius 2 is 1.88 bits per heavy atom. The predicted octanol–water partition coefficient (Wildman–Crippen LogP) is 4.89. The van der Waals surface area contributed by atoms with Crippen LogP contribution in [0.15, 0.2) is 47.0 Å². The molecule has 2 aliphatic rings. The standard InChI is InChI=1S/C26H28N4O4/c1-16-12-13-17(2)21(14-16)30-25(31)18-8-4-6-10-20(18)29(26(30)32)15-23-27-24(28-34-23)19-9-5-7-11-22(19)33-3/h5,7,9,11-14,18,20H,4,6,8,10,15H2,1-3H3. The van der Waals surface area contributed by atoms with E-state index < -0.39 is 0 Å². The third-order valence-electron chi connectivity index (χ3n) is 6.83. The molecule has 0 spiro atoms. The molecule has 3 amide bonds. The number of methoxy groups -OCH3 is 1. The molecule has 0 bridgehead atoms. The Bertz CT molecular complexity index is 1240. The van der Waals surface area contributed by atoms with Crippen LogP contribution in [0.4, 0.5) is 10.5 Å². The summed E-state index contributed by atoms with van der Waals surface area (Å²) in [5, 5.41) is 4.12. The second-order valence-corrected chi connectivity index (χ2v) is 9.04. The van der Waals surface area contributed by atoms with Gasteiger partial charge in [0.15, 0.2) is 0 Å². The fourth-order valence-electron chi connectivity index (χ4n) is 5.07. The van der Waals surface area contributed by atoms with Gasteiger partial charge in [0.1, 0.15) is 12.3 Å². The van der Waals surface area contributed by atoms with Crippen molar-refractivity contribution in [2.45, 2.75) is 52.1 Å². The Kier molecular flexibility index (Phi) is 5.81. The second-order valence-electron chi connectivity index (χ2n) is 9.04. The molecule has 2 unspecified atom stereocenters. The lowest BCUT2D eigenvalue weighted by molar-refractivity contribution is -0.127. The van der Waals surface area contributed by atoms with Gasteiger partial charge in [0.25, 0.3) is 0 Å². The molecule has 8 heteroatoms. The molecule has 2 fully saturated rings. The summed E-state index contributed by atoms with van der Waals surface area (Å²) in [6, 6.07) is 12.8. The minimum absolute atomic E-state index is 0.111. The topological polar surface area (TPSA) is 88.8 Å².